The Morgan fingerprint density at radius 1 is 0.714 bits per heavy atom. The van der Waals surface area contributed by atoms with Gasteiger partial charge in [0.2, 0.25) is 0 Å². The SMILES string of the molecule is CC=CC=CC(=O)O.O=C(O)C=Cc1ccccc1.O=C(O)c1ccccc1. The number of carbonyl (C=O) groups is 3. The smallest absolute Gasteiger partial charge is 0.335 e. The average molecular weight is 382 g/mol. The molecule has 0 aliphatic carbocycles. The topological polar surface area (TPSA) is 112 Å². The summed E-state index contributed by atoms with van der Waals surface area (Å²) >= 11 is 0. The summed E-state index contributed by atoms with van der Waals surface area (Å²) in [5.41, 5.74) is 1.23. The Labute approximate surface area is 163 Å². The highest BCUT2D eigenvalue weighted by atomic mass is 16.4. The molecular formula is C22H22O6. The summed E-state index contributed by atoms with van der Waals surface area (Å²) in [7, 11) is 0. The zero-order valence-electron chi connectivity index (χ0n) is 15.3. The van der Waals surface area contributed by atoms with Crippen LogP contribution < -0.4 is 0 Å². The molecule has 0 saturated carbocycles. The maximum absolute atomic E-state index is 10.2. The van der Waals surface area contributed by atoms with Crippen molar-refractivity contribution in [3.63, 3.8) is 0 Å². The molecule has 0 saturated heterocycles. The van der Waals surface area contributed by atoms with Gasteiger partial charge in [-0.3, -0.25) is 0 Å². The minimum Gasteiger partial charge on any atom is -0.478 e. The van der Waals surface area contributed by atoms with Gasteiger partial charge in [0.05, 0.1) is 5.56 Å². The van der Waals surface area contributed by atoms with Crippen molar-refractivity contribution in [1.29, 1.82) is 0 Å². The lowest BCUT2D eigenvalue weighted by molar-refractivity contribution is -0.132. The summed E-state index contributed by atoms with van der Waals surface area (Å²) in [5, 5.41) is 24.7. The Morgan fingerprint density at radius 3 is 1.61 bits per heavy atom. The summed E-state index contributed by atoms with van der Waals surface area (Å²) in [6.45, 7) is 1.83. The first kappa shape index (κ1) is 24.1. The second-order valence-corrected chi connectivity index (χ2v) is 4.98. The zero-order valence-corrected chi connectivity index (χ0v) is 15.3. The molecule has 2 rings (SSSR count). The van der Waals surface area contributed by atoms with Crippen LogP contribution in [-0.4, -0.2) is 33.2 Å². The van der Waals surface area contributed by atoms with Gasteiger partial charge in [-0.1, -0.05) is 66.8 Å². The number of carboxylic acids is 3. The van der Waals surface area contributed by atoms with Gasteiger partial charge < -0.3 is 15.3 Å². The van der Waals surface area contributed by atoms with Crippen LogP contribution in [0.15, 0.2) is 91.0 Å². The van der Waals surface area contributed by atoms with Crippen molar-refractivity contribution in [3.05, 3.63) is 102 Å². The molecule has 0 amide bonds. The maximum atomic E-state index is 10.2. The highest BCUT2D eigenvalue weighted by molar-refractivity contribution is 5.87. The van der Waals surface area contributed by atoms with Gasteiger partial charge in [-0.25, -0.2) is 14.4 Å². The molecule has 0 aliphatic heterocycles. The fourth-order valence-electron chi connectivity index (χ4n) is 1.56. The van der Waals surface area contributed by atoms with E-state index in [0.717, 1.165) is 17.7 Å². The first-order valence-electron chi connectivity index (χ1n) is 8.13. The van der Waals surface area contributed by atoms with Crippen LogP contribution in [0.3, 0.4) is 0 Å². The van der Waals surface area contributed by atoms with Gasteiger partial charge >= 0.3 is 17.9 Å². The van der Waals surface area contributed by atoms with Gasteiger partial charge in [-0.2, -0.15) is 0 Å². The molecule has 0 fully saturated rings. The quantitative estimate of drug-likeness (QED) is 0.523. The minimum atomic E-state index is -0.922. The van der Waals surface area contributed by atoms with E-state index < -0.39 is 17.9 Å². The molecule has 2 aromatic carbocycles. The summed E-state index contributed by atoms with van der Waals surface area (Å²) < 4.78 is 0. The van der Waals surface area contributed by atoms with Gasteiger partial charge in [-0.15, -0.1) is 0 Å². The van der Waals surface area contributed by atoms with E-state index in [-0.39, 0.29) is 0 Å². The molecule has 146 valence electrons. The van der Waals surface area contributed by atoms with E-state index in [9.17, 15) is 14.4 Å². The van der Waals surface area contributed by atoms with E-state index in [1.807, 2.05) is 37.3 Å². The third-order valence-electron chi connectivity index (χ3n) is 2.78. The lowest BCUT2D eigenvalue weighted by atomic mass is 10.2. The predicted octanol–water partition coefficient (Wildman–Crippen LogP) is 4.37. The highest BCUT2D eigenvalue weighted by Gasteiger charge is 1.96. The molecule has 2 aromatic rings. The van der Waals surface area contributed by atoms with Crippen molar-refractivity contribution in [2.24, 2.45) is 0 Å². The van der Waals surface area contributed by atoms with E-state index in [4.69, 9.17) is 15.3 Å². The van der Waals surface area contributed by atoms with Crippen molar-refractivity contribution < 1.29 is 29.7 Å². The molecule has 0 aromatic heterocycles. The average Bonchev–Trinajstić information content (AvgIpc) is 2.69. The summed E-state index contributed by atoms with van der Waals surface area (Å²) in [6, 6.07) is 17.6. The van der Waals surface area contributed by atoms with Crippen molar-refractivity contribution in [2.45, 2.75) is 6.92 Å². The van der Waals surface area contributed by atoms with Crippen LogP contribution in [0.1, 0.15) is 22.8 Å². The lowest BCUT2D eigenvalue weighted by Gasteiger charge is -1.88. The van der Waals surface area contributed by atoms with Crippen LogP contribution in [0.25, 0.3) is 6.08 Å². The van der Waals surface area contributed by atoms with Crippen LogP contribution in [0.2, 0.25) is 0 Å². The van der Waals surface area contributed by atoms with Crippen LogP contribution in [0.4, 0.5) is 0 Å². The van der Waals surface area contributed by atoms with Gasteiger partial charge in [0.15, 0.2) is 0 Å². The van der Waals surface area contributed by atoms with Gasteiger partial charge in [0.1, 0.15) is 0 Å². The van der Waals surface area contributed by atoms with E-state index in [2.05, 4.69) is 0 Å². The molecule has 0 spiro atoms. The number of hydrogen-bond donors (Lipinski definition) is 3. The van der Waals surface area contributed by atoms with Gasteiger partial charge in [-0.05, 0) is 30.7 Å². The Bertz CT molecular complexity index is 805. The second kappa shape index (κ2) is 15.3. The third kappa shape index (κ3) is 14.4. The van der Waals surface area contributed by atoms with Crippen LogP contribution in [0.5, 0.6) is 0 Å². The zero-order chi connectivity index (χ0) is 21.2. The highest BCUT2D eigenvalue weighted by Crippen LogP contribution is 2.00. The standard InChI is InChI=1S/C9H8O2.C7H6O2.C6H8O2/c10-9(11)7-6-8-4-2-1-3-5-8;8-7(9)6-4-2-1-3-5-6;1-2-3-4-5-6(7)8/h1-7H,(H,10,11);1-5H,(H,8,9);2-5H,1H3,(H,7,8). The second-order valence-electron chi connectivity index (χ2n) is 4.98. The van der Waals surface area contributed by atoms with E-state index >= 15 is 0 Å². The van der Waals surface area contributed by atoms with E-state index in [1.165, 1.54) is 6.08 Å². The Morgan fingerprint density at radius 2 is 1.21 bits per heavy atom. The number of aliphatic carboxylic acids is 2. The van der Waals surface area contributed by atoms with Crippen molar-refractivity contribution >= 4 is 24.0 Å². The van der Waals surface area contributed by atoms with Gasteiger partial charge in [0.25, 0.3) is 0 Å². The monoisotopic (exact) mass is 382 g/mol. The van der Waals surface area contributed by atoms with Crippen LogP contribution >= 0.6 is 0 Å². The van der Waals surface area contributed by atoms with Crippen molar-refractivity contribution in [2.75, 3.05) is 0 Å². The maximum Gasteiger partial charge on any atom is 0.335 e. The van der Waals surface area contributed by atoms with E-state index in [0.29, 0.717) is 5.56 Å². The van der Waals surface area contributed by atoms with Crippen LogP contribution in [0, 0.1) is 0 Å². The molecule has 3 N–H and O–H groups in total. The molecule has 28 heavy (non-hydrogen) atoms. The lowest BCUT2D eigenvalue weighted by Crippen LogP contribution is -1.93. The summed E-state index contributed by atoms with van der Waals surface area (Å²) in [4.78, 5) is 30.0. The fraction of sp³-hybridized carbons (Fsp3) is 0.0455. The van der Waals surface area contributed by atoms with Crippen molar-refractivity contribution in [1.82, 2.24) is 0 Å². The number of allylic oxidation sites excluding steroid dienone is 3. The first-order chi connectivity index (χ1) is 13.4. The summed E-state index contributed by atoms with van der Waals surface area (Å²) in [6.07, 6.45) is 8.66. The fourth-order valence-corrected chi connectivity index (χ4v) is 1.56. The third-order valence-corrected chi connectivity index (χ3v) is 2.78. The largest absolute Gasteiger partial charge is 0.478 e. The van der Waals surface area contributed by atoms with Gasteiger partial charge in [0, 0.05) is 12.2 Å². The molecule has 0 bridgehead atoms. The first-order valence-corrected chi connectivity index (χ1v) is 8.13. The summed E-state index contributed by atoms with van der Waals surface area (Å²) in [5.74, 6) is -2.72. The number of rotatable bonds is 5. The molecule has 0 unspecified atom stereocenters. The Hall–Kier alpha value is -3.93. The molecule has 0 radical (unpaired) electrons. The molecule has 0 aliphatic rings. The Balaban J connectivity index is 0.000000397. The van der Waals surface area contributed by atoms with Crippen molar-refractivity contribution in [3.8, 4) is 0 Å². The molecular weight excluding hydrogens is 360 g/mol. The number of aromatic carboxylic acids is 1. The molecule has 6 heteroatoms. The van der Waals surface area contributed by atoms with Crippen LogP contribution in [-0.2, 0) is 9.59 Å². The molecule has 0 atom stereocenters. The number of hydrogen-bond acceptors (Lipinski definition) is 3. The normalized spacial score (nSPS) is 10.0. The molecule has 6 nitrogen and oxygen atoms in total. The Kier molecular flexibility index (Phi) is 13.2. The number of benzene rings is 2. The minimum absolute atomic E-state index is 0.331. The predicted molar refractivity (Wildman–Crippen MR) is 108 cm³/mol. The van der Waals surface area contributed by atoms with E-state index in [1.54, 1.807) is 48.6 Å². The molecule has 0 heterocycles. The number of carboxylic acid groups (broad SMARTS) is 3.